The summed E-state index contributed by atoms with van der Waals surface area (Å²) in [6, 6.07) is 13.8. The van der Waals surface area contributed by atoms with Crippen LogP contribution in [0, 0.1) is 5.82 Å². The number of imidazole rings is 1. The summed E-state index contributed by atoms with van der Waals surface area (Å²) >= 11 is 0. The van der Waals surface area contributed by atoms with Crippen LogP contribution in [0.4, 0.5) is 4.39 Å². The number of aryl methyl sites for hydroxylation is 1. The average Bonchev–Trinajstić information content (AvgIpc) is 3.66. The van der Waals surface area contributed by atoms with Crippen LogP contribution in [0.2, 0.25) is 0 Å². The molecule has 198 valence electrons. The van der Waals surface area contributed by atoms with Gasteiger partial charge in [-0.3, -0.25) is 19.6 Å². The number of nitrogens with zero attached hydrogens (tertiary/aromatic N) is 4. The molecule has 9 nitrogen and oxygen atoms in total. The fourth-order valence-corrected chi connectivity index (χ4v) is 5.53. The van der Waals surface area contributed by atoms with Crippen LogP contribution in [0.15, 0.2) is 53.3 Å². The molecule has 0 bridgehead atoms. The Bertz CT molecular complexity index is 1450. The van der Waals surface area contributed by atoms with Gasteiger partial charge < -0.3 is 14.6 Å². The summed E-state index contributed by atoms with van der Waals surface area (Å²) in [6.45, 7) is 3.76. The number of benzene rings is 2. The maximum atomic E-state index is 13.8. The van der Waals surface area contributed by atoms with Crippen molar-refractivity contribution in [2.24, 2.45) is 0 Å². The lowest BCUT2D eigenvalue weighted by molar-refractivity contribution is -0.134. The Hall–Kier alpha value is -3.76. The number of carbonyl (C=O) groups is 1. The summed E-state index contributed by atoms with van der Waals surface area (Å²) in [5, 5.41) is 3.33. The number of aromatic nitrogens is 4. The van der Waals surface area contributed by atoms with Gasteiger partial charge in [0.15, 0.2) is 0 Å². The van der Waals surface area contributed by atoms with E-state index in [1.807, 2.05) is 29.2 Å². The third kappa shape index (κ3) is 4.89. The molecule has 38 heavy (non-hydrogen) atoms. The van der Waals surface area contributed by atoms with Gasteiger partial charge in [0, 0.05) is 25.2 Å². The molecule has 4 aromatic rings. The molecule has 2 fully saturated rings. The molecular formula is C28H31FN6O3. The third-order valence-electron chi connectivity index (χ3n) is 7.55. The Morgan fingerprint density at radius 1 is 1.05 bits per heavy atom. The number of hydrogen-bond donors (Lipinski definition) is 2. The van der Waals surface area contributed by atoms with E-state index in [0.29, 0.717) is 50.7 Å². The molecule has 2 aromatic carbocycles. The molecule has 0 radical (unpaired) electrons. The standard InChI is InChI=1S/C28H31FN6O3/c29-20-10-7-19(8-11-20)9-12-21-26(24-6-3-13-34(24)25(36)18-33-14-16-38-17-15-33)32-35(27(21)37)28-30-22-4-1-2-5-23(22)31-28/h1-2,4-5,7-8,10-11,24,32H,3,6,9,12-18H2,(H,30,31). The average molecular weight is 519 g/mol. The molecule has 0 spiro atoms. The van der Waals surface area contributed by atoms with E-state index in [-0.39, 0.29) is 23.3 Å². The Labute approximate surface area is 219 Å². The molecule has 2 aromatic heterocycles. The lowest BCUT2D eigenvalue weighted by Gasteiger charge is -2.30. The van der Waals surface area contributed by atoms with Gasteiger partial charge >= 0.3 is 0 Å². The maximum absolute atomic E-state index is 13.8. The van der Waals surface area contributed by atoms with Gasteiger partial charge in [0.25, 0.3) is 5.56 Å². The molecule has 0 aliphatic carbocycles. The second-order valence-electron chi connectivity index (χ2n) is 9.98. The van der Waals surface area contributed by atoms with Crippen LogP contribution in [0.25, 0.3) is 17.0 Å². The van der Waals surface area contributed by atoms with Crippen molar-refractivity contribution in [3.05, 3.63) is 81.5 Å². The number of halogens is 1. The van der Waals surface area contributed by atoms with Gasteiger partial charge in [-0.15, -0.1) is 0 Å². The van der Waals surface area contributed by atoms with E-state index in [1.165, 1.54) is 16.8 Å². The van der Waals surface area contributed by atoms with E-state index in [1.54, 1.807) is 12.1 Å². The molecule has 0 saturated carbocycles. The number of hydrogen-bond acceptors (Lipinski definition) is 5. The number of amides is 1. The first kappa shape index (κ1) is 24.6. The number of para-hydroxylation sites is 2. The highest BCUT2D eigenvalue weighted by atomic mass is 19.1. The number of nitrogens with one attached hydrogen (secondary N) is 2. The number of ether oxygens (including phenoxy) is 1. The summed E-state index contributed by atoms with van der Waals surface area (Å²) in [7, 11) is 0. The largest absolute Gasteiger partial charge is 0.379 e. The molecule has 1 unspecified atom stereocenters. The number of likely N-dealkylation sites (tertiary alicyclic amines) is 1. The minimum Gasteiger partial charge on any atom is -0.379 e. The zero-order valence-electron chi connectivity index (χ0n) is 21.2. The van der Waals surface area contributed by atoms with Crippen molar-refractivity contribution in [2.75, 3.05) is 39.4 Å². The molecular weight excluding hydrogens is 487 g/mol. The second-order valence-corrected chi connectivity index (χ2v) is 9.98. The van der Waals surface area contributed by atoms with Gasteiger partial charge in [0.2, 0.25) is 11.9 Å². The highest BCUT2D eigenvalue weighted by molar-refractivity contribution is 5.79. The van der Waals surface area contributed by atoms with Crippen LogP contribution in [0.1, 0.15) is 35.7 Å². The predicted molar refractivity (Wildman–Crippen MR) is 141 cm³/mol. The van der Waals surface area contributed by atoms with Gasteiger partial charge in [-0.05, 0) is 55.5 Å². The van der Waals surface area contributed by atoms with E-state index in [9.17, 15) is 14.0 Å². The lowest BCUT2D eigenvalue weighted by atomic mass is 10.0. The van der Waals surface area contributed by atoms with E-state index >= 15 is 0 Å². The second kappa shape index (κ2) is 10.5. The Kier molecular flexibility index (Phi) is 6.82. The van der Waals surface area contributed by atoms with Crippen molar-refractivity contribution in [2.45, 2.75) is 31.7 Å². The molecule has 2 saturated heterocycles. The normalized spacial score (nSPS) is 18.4. The first-order valence-corrected chi connectivity index (χ1v) is 13.2. The van der Waals surface area contributed by atoms with Gasteiger partial charge in [-0.2, -0.15) is 4.68 Å². The Morgan fingerprint density at radius 3 is 2.63 bits per heavy atom. The summed E-state index contributed by atoms with van der Waals surface area (Å²) in [6.07, 6.45) is 2.69. The van der Waals surface area contributed by atoms with Crippen LogP contribution in [0.3, 0.4) is 0 Å². The zero-order valence-corrected chi connectivity index (χ0v) is 21.2. The van der Waals surface area contributed by atoms with Crippen LogP contribution < -0.4 is 5.56 Å². The first-order chi connectivity index (χ1) is 18.6. The summed E-state index contributed by atoms with van der Waals surface area (Å²) < 4.78 is 20.3. The van der Waals surface area contributed by atoms with Gasteiger partial charge in [0.1, 0.15) is 5.82 Å². The molecule has 1 atom stereocenters. The Morgan fingerprint density at radius 2 is 1.84 bits per heavy atom. The predicted octanol–water partition coefficient (Wildman–Crippen LogP) is 2.96. The summed E-state index contributed by atoms with van der Waals surface area (Å²) in [5.74, 6) is 0.189. The lowest BCUT2D eigenvalue weighted by Crippen LogP contribution is -2.44. The van der Waals surface area contributed by atoms with E-state index < -0.39 is 0 Å². The van der Waals surface area contributed by atoms with Crippen molar-refractivity contribution >= 4 is 16.9 Å². The van der Waals surface area contributed by atoms with E-state index in [2.05, 4.69) is 20.0 Å². The molecule has 2 aliphatic heterocycles. The topological polar surface area (TPSA) is 99.2 Å². The molecule has 6 rings (SSSR count). The quantitative estimate of drug-likeness (QED) is 0.392. The van der Waals surface area contributed by atoms with Crippen LogP contribution in [0.5, 0.6) is 0 Å². The fourth-order valence-electron chi connectivity index (χ4n) is 5.53. The van der Waals surface area contributed by atoms with Crippen molar-refractivity contribution in [3.8, 4) is 5.95 Å². The number of morpholine rings is 1. The van der Waals surface area contributed by atoms with Crippen molar-refractivity contribution in [1.29, 1.82) is 0 Å². The van der Waals surface area contributed by atoms with Crippen LogP contribution >= 0.6 is 0 Å². The van der Waals surface area contributed by atoms with Crippen molar-refractivity contribution < 1.29 is 13.9 Å². The maximum Gasteiger partial charge on any atom is 0.277 e. The number of aromatic amines is 2. The molecule has 10 heteroatoms. The monoisotopic (exact) mass is 518 g/mol. The molecule has 2 aliphatic rings. The van der Waals surface area contributed by atoms with E-state index in [4.69, 9.17) is 4.74 Å². The number of H-pyrrole nitrogens is 2. The summed E-state index contributed by atoms with van der Waals surface area (Å²) in [5.41, 5.74) is 3.74. The molecule has 2 N–H and O–H groups in total. The molecule has 4 heterocycles. The minimum atomic E-state index is -0.288. The van der Waals surface area contributed by atoms with Crippen LogP contribution in [-0.2, 0) is 22.4 Å². The van der Waals surface area contributed by atoms with Gasteiger partial charge in [-0.25, -0.2) is 9.37 Å². The highest BCUT2D eigenvalue weighted by Crippen LogP contribution is 2.33. The number of carbonyl (C=O) groups excluding carboxylic acids is 1. The number of rotatable bonds is 7. The van der Waals surface area contributed by atoms with Crippen molar-refractivity contribution in [1.82, 2.24) is 29.5 Å². The third-order valence-corrected chi connectivity index (χ3v) is 7.55. The number of fused-ring (bicyclic) bond motifs is 1. The first-order valence-electron chi connectivity index (χ1n) is 13.2. The summed E-state index contributed by atoms with van der Waals surface area (Å²) in [4.78, 5) is 39.1. The van der Waals surface area contributed by atoms with Crippen molar-refractivity contribution in [3.63, 3.8) is 0 Å². The smallest absolute Gasteiger partial charge is 0.277 e. The Balaban J connectivity index is 1.34. The molecule has 1 amide bonds. The fraction of sp³-hybridized carbons (Fsp3) is 0.393. The van der Waals surface area contributed by atoms with Gasteiger partial charge in [-0.1, -0.05) is 24.3 Å². The van der Waals surface area contributed by atoms with Gasteiger partial charge in [0.05, 0.1) is 42.5 Å². The SMILES string of the molecule is O=C(CN1CCOCC1)N1CCCC1c1[nH]n(-c2nc3ccccc3[nH]2)c(=O)c1CCc1ccc(F)cc1. The van der Waals surface area contributed by atoms with E-state index in [0.717, 1.165) is 48.2 Å². The minimum absolute atomic E-state index is 0.0659. The van der Waals surface area contributed by atoms with Crippen LogP contribution in [-0.4, -0.2) is 74.8 Å². The highest BCUT2D eigenvalue weighted by Gasteiger charge is 2.35. The zero-order chi connectivity index (χ0) is 26.1.